The molecule has 187 valence electrons. The third-order valence-corrected chi connectivity index (χ3v) is 4.39. The Bertz CT molecular complexity index is 1180. The third kappa shape index (κ3) is 9.40. The van der Waals surface area contributed by atoms with Gasteiger partial charge in [-0.25, -0.2) is 0 Å². The summed E-state index contributed by atoms with van der Waals surface area (Å²) in [6.07, 6.45) is 7.97. The van der Waals surface area contributed by atoms with Crippen molar-refractivity contribution in [3.05, 3.63) is 127 Å². The Morgan fingerprint density at radius 1 is 0.486 bits per heavy atom. The minimum atomic E-state index is -1.44. The molecule has 5 rings (SSSR count). The molecule has 0 aliphatic rings. The fourth-order valence-electron chi connectivity index (χ4n) is 2.69. The summed E-state index contributed by atoms with van der Waals surface area (Å²) in [6.45, 7) is 0. The van der Waals surface area contributed by atoms with Crippen molar-refractivity contribution in [1.82, 2.24) is 24.9 Å². The molecule has 0 spiro atoms. The summed E-state index contributed by atoms with van der Waals surface area (Å²) < 4.78 is 0. The normalized spacial score (nSPS) is 9.30. The van der Waals surface area contributed by atoms with Crippen molar-refractivity contribution >= 4 is 11.9 Å². The van der Waals surface area contributed by atoms with E-state index < -0.39 is 11.9 Å². The predicted molar refractivity (Wildman–Crippen MR) is 128 cm³/mol. The van der Waals surface area contributed by atoms with Crippen LogP contribution in [0.25, 0.3) is 22.8 Å². The Morgan fingerprint density at radius 3 is 1.08 bits per heavy atom. The summed E-state index contributed by atoms with van der Waals surface area (Å²) >= 11 is 0. The molecule has 37 heavy (non-hydrogen) atoms. The molecule has 0 aliphatic carbocycles. The van der Waals surface area contributed by atoms with Gasteiger partial charge in [-0.15, -0.1) is 0 Å². The van der Waals surface area contributed by atoms with E-state index in [1.54, 1.807) is 24.8 Å². The van der Waals surface area contributed by atoms with Crippen LogP contribution >= 0.6 is 0 Å². The maximum absolute atomic E-state index is 10.2. The monoisotopic (exact) mass is 540 g/mol. The second kappa shape index (κ2) is 15.3. The van der Waals surface area contributed by atoms with Gasteiger partial charge in [-0.05, 0) is 60.7 Å². The summed E-state index contributed by atoms with van der Waals surface area (Å²) in [5.41, 5.74) is 3.19. The molecule has 5 aromatic heterocycles. The van der Waals surface area contributed by atoms with Crippen LogP contribution in [0.5, 0.6) is 0 Å². The number of hydrogen-bond acceptors (Lipinski definition) is 9. The van der Waals surface area contributed by atoms with Gasteiger partial charge >= 0.3 is 17.1 Å². The van der Waals surface area contributed by atoms with Crippen molar-refractivity contribution in [2.75, 3.05) is 0 Å². The summed E-state index contributed by atoms with van der Waals surface area (Å²) in [6, 6.07) is 25.3. The number of carbonyl (C=O) groups excluding carboxylic acids is 2. The third-order valence-electron chi connectivity index (χ3n) is 4.39. The summed E-state index contributed by atoms with van der Waals surface area (Å²) in [7, 11) is 0. The molecule has 0 atom stereocenters. The van der Waals surface area contributed by atoms with Crippen LogP contribution in [-0.4, -0.2) is 36.9 Å². The molecule has 0 fully saturated rings. The van der Waals surface area contributed by atoms with Crippen molar-refractivity contribution in [1.29, 1.82) is 0 Å². The number of hydrogen-bond donors (Lipinski definition) is 0. The van der Waals surface area contributed by atoms with Gasteiger partial charge in [-0.3, -0.25) is 24.9 Å². The standard InChI is InChI=1S/2C10H8N2.C7H5NO4.Cu/c2*1-3-7-11-9(5-1)10-6-2-4-8-12-10;9-6(10)4-1-2-5(7(11)12)8-3-4;/h2*1-8H;1-3H,(H,9,10)(H,11,12);/q;;;+2/p-2. The fourth-order valence-corrected chi connectivity index (χ4v) is 2.69. The van der Waals surface area contributed by atoms with E-state index in [1.807, 2.05) is 72.8 Å². The Hall–Kier alpha value is -4.79. The van der Waals surface area contributed by atoms with E-state index in [-0.39, 0.29) is 28.3 Å². The molecule has 0 amide bonds. The van der Waals surface area contributed by atoms with Gasteiger partial charge in [0, 0.05) is 36.5 Å². The Morgan fingerprint density at radius 2 is 0.865 bits per heavy atom. The quantitative estimate of drug-likeness (QED) is 0.313. The van der Waals surface area contributed by atoms with E-state index in [4.69, 9.17) is 0 Å². The Balaban J connectivity index is 0.000000193. The second-order valence-electron chi connectivity index (χ2n) is 6.87. The topological polar surface area (TPSA) is 145 Å². The average molecular weight is 541 g/mol. The summed E-state index contributed by atoms with van der Waals surface area (Å²) in [5, 5.41) is 20.3. The molecule has 9 nitrogen and oxygen atoms in total. The smallest absolute Gasteiger partial charge is 0.545 e. The molecular formula is C27H19CuN5O4. The average Bonchev–Trinajstić information content (AvgIpc) is 2.96. The number of carbonyl (C=O) groups is 2. The molecule has 0 saturated carbocycles. The molecule has 0 N–H and O–H groups in total. The van der Waals surface area contributed by atoms with Gasteiger partial charge in [0.25, 0.3) is 0 Å². The van der Waals surface area contributed by atoms with E-state index in [0.717, 1.165) is 41.1 Å². The van der Waals surface area contributed by atoms with E-state index in [1.165, 1.54) is 0 Å². The van der Waals surface area contributed by atoms with Gasteiger partial charge in [0.1, 0.15) is 0 Å². The minimum absolute atomic E-state index is 0. The van der Waals surface area contributed by atoms with Crippen LogP contribution in [0.2, 0.25) is 0 Å². The predicted octanol–water partition coefficient (Wildman–Crippen LogP) is 2.09. The van der Waals surface area contributed by atoms with Gasteiger partial charge in [0.2, 0.25) is 0 Å². The molecule has 0 aromatic carbocycles. The van der Waals surface area contributed by atoms with Gasteiger partial charge in [0.15, 0.2) is 0 Å². The first-order chi connectivity index (χ1) is 17.5. The van der Waals surface area contributed by atoms with Crippen molar-refractivity contribution in [2.24, 2.45) is 0 Å². The largest absolute Gasteiger partial charge is 2.00 e. The number of carboxylic acids is 2. The van der Waals surface area contributed by atoms with Crippen molar-refractivity contribution in [2.45, 2.75) is 0 Å². The molecule has 0 unspecified atom stereocenters. The SMILES string of the molecule is O=C([O-])c1ccc(C(=O)[O-])nc1.[Cu+2].c1ccc(-c2ccccn2)nc1.c1ccc(-c2ccccn2)nc1. The maximum atomic E-state index is 10.2. The van der Waals surface area contributed by atoms with Crippen molar-refractivity contribution in [3.8, 4) is 22.8 Å². The molecule has 10 heteroatoms. The van der Waals surface area contributed by atoms with Crippen LogP contribution in [0.4, 0.5) is 0 Å². The van der Waals surface area contributed by atoms with E-state index >= 15 is 0 Å². The molecule has 1 radical (unpaired) electrons. The molecule has 0 saturated heterocycles. The Kier molecular flexibility index (Phi) is 11.7. The van der Waals surface area contributed by atoms with Crippen LogP contribution in [0, 0.1) is 0 Å². The van der Waals surface area contributed by atoms with Gasteiger partial charge < -0.3 is 19.8 Å². The maximum Gasteiger partial charge on any atom is 2.00 e. The van der Waals surface area contributed by atoms with Crippen LogP contribution in [0.3, 0.4) is 0 Å². The first-order valence-corrected chi connectivity index (χ1v) is 10.6. The van der Waals surface area contributed by atoms with Crippen LogP contribution in [0.15, 0.2) is 116 Å². The zero-order valence-electron chi connectivity index (χ0n) is 19.1. The number of aromatic carboxylic acids is 2. The van der Waals surface area contributed by atoms with E-state index in [9.17, 15) is 19.8 Å². The summed E-state index contributed by atoms with van der Waals surface area (Å²) in [4.78, 5) is 40.4. The first-order valence-electron chi connectivity index (χ1n) is 10.6. The molecule has 0 bridgehead atoms. The zero-order chi connectivity index (χ0) is 25.6. The van der Waals surface area contributed by atoms with Crippen LogP contribution < -0.4 is 10.2 Å². The number of carboxylic acid groups (broad SMARTS) is 2. The Labute approximate surface area is 223 Å². The van der Waals surface area contributed by atoms with Crippen LogP contribution in [-0.2, 0) is 17.1 Å². The van der Waals surface area contributed by atoms with E-state index in [2.05, 4.69) is 24.9 Å². The number of nitrogens with zero attached hydrogens (tertiary/aromatic N) is 5. The molecule has 5 heterocycles. The van der Waals surface area contributed by atoms with Gasteiger partial charge in [-0.1, -0.05) is 24.3 Å². The zero-order valence-corrected chi connectivity index (χ0v) is 20.1. The second-order valence-corrected chi connectivity index (χ2v) is 6.87. The van der Waals surface area contributed by atoms with Crippen molar-refractivity contribution < 1.29 is 36.9 Å². The van der Waals surface area contributed by atoms with E-state index in [0.29, 0.717) is 0 Å². The van der Waals surface area contributed by atoms with Crippen LogP contribution in [0.1, 0.15) is 20.8 Å². The van der Waals surface area contributed by atoms with Gasteiger partial charge in [0.05, 0.1) is 40.4 Å². The molecule has 0 aliphatic heterocycles. The fraction of sp³-hybridized carbons (Fsp3) is 0. The van der Waals surface area contributed by atoms with Gasteiger partial charge in [-0.2, -0.15) is 0 Å². The number of pyridine rings is 5. The number of rotatable bonds is 4. The summed E-state index contributed by atoms with van der Waals surface area (Å²) in [5.74, 6) is -2.84. The van der Waals surface area contributed by atoms with Crippen molar-refractivity contribution in [3.63, 3.8) is 0 Å². The molecular weight excluding hydrogens is 522 g/mol. The minimum Gasteiger partial charge on any atom is -0.545 e. The first kappa shape index (κ1) is 28.4. The molecule has 5 aromatic rings. The number of aromatic nitrogens is 5.